The Hall–Kier alpha value is -4.64. The molecule has 0 heterocycles. The summed E-state index contributed by atoms with van der Waals surface area (Å²) in [6.07, 6.45) is 0. The van der Waals surface area contributed by atoms with E-state index in [0.29, 0.717) is 44.9 Å². The highest BCUT2D eigenvalue weighted by atomic mass is 16.5. The monoisotopic (exact) mass is 472 g/mol. The molecule has 0 aromatic heterocycles. The molecule has 4 aromatic carbocycles. The summed E-state index contributed by atoms with van der Waals surface area (Å²) in [5.41, 5.74) is 3.64. The van der Waals surface area contributed by atoms with Gasteiger partial charge in [-0.15, -0.1) is 0 Å². The van der Waals surface area contributed by atoms with Crippen molar-refractivity contribution >= 4 is 23.1 Å². The second kappa shape index (κ2) is 8.24. The van der Waals surface area contributed by atoms with Crippen molar-refractivity contribution in [3.05, 3.63) is 119 Å². The van der Waals surface area contributed by atoms with E-state index in [2.05, 4.69) is 0 Å². The van der Waals surface area contributed by atoms with E-state index >= 15 is 0 Å². The van der Waals surface area contributed by atoms with Crippen molar-refractivity contribution in [2.75, 3.05) is 0 Å². The molecule has 0 saturated carbocycles. The van der Waals surface area contributed by atoms with Gasteiger partial charge in [-0.3, -0.25) is 19.2 Å². The van der Waals surface area contributed by atoms with Gasteiger partial charge in [-0.1, -0.05) is 54.6 Å². The molecule has 4 aromatic rings. The average molecular weight is 472 g/mol. The minimum Gasteiger partial charge on any atom is -0.457 e. The molecule has 2 aliphatic rings. The SMILES string of the molecule is CC1C(=O)c2ccc(-c3ccc4c(c3)C(=O)C(c3ccc(Oc5ccccc5)cc3)C4=O)cc2C1=O. The van der Waals surface area contributed by atoms with Crippen molar-refractivity contribution in [2.24, 2.45) is 5.92 Å². The second-order valence-corrected chi connectivity index (χ2v) is 9.12. The quantitative estimate of drug-likeness (QED) is 0.325. The first-order valence-electron chi connectivity index (χ1n) is 11.7. The van der Waals surface area contributed by atoms with E-state index in [9.17, 15) is 19.2 Å². The Balaban J connectivity index is 1.29. The van der Waals surface area contributed by atoms with Crippen LogP contribution in [0.4, 0.5) is 0 Å². The van der Waals surface area contributed by atoms with Crippen LogP contribution in [0, 0.1) is 5.92 Å². The highest BCUT2D eigenvalue weighted by Gasteiger charge is 2.40. The highest BCUT2D eigenvalue weighted by molar-refractivity contribution is 6.30. The predicted molar refractivity (Wildman–Crippen MR) is 134 cm³/mol. The molecule has 0 fully saturated rings. The number of Topliss-reactive ketones (excluding diaryl/α,β-unsaturated/α-hetero) is 4. The lowest BCUT2D eigenvalue weighted by molar-refractivity contribution is 0.0846. The zero-order chi connectivity index (χ0) is 25.0. The van der Waals surface area contributed by atoms with Crippen LogP contribution in [0.25, 0.3) is 11.1 Å². The number of carbonyl (C=O) groups excluding carboxylic acids is 4. The third kappa shape index (κ3) is 3.40. The molecule has 2 unspecified atom stereocenters. The van der Waals surface area contributed by atoms with Gasteiger partial charge in [0.2, 0.25) is 0 Å². The molecule has 5 nitrogen and oxygen atoms in total. The van der Waals surface area contributed by atoms with Crippen molar-refractivity contribution in [1.82, 2.24) is 0 Å². The van der Waals surface area contributed by atoms with Crippen LogP contribution in [0.15, 0.2) is 91.0 Å². The van der Waals surface area contributed by atoms with Gasteiger partial charge in [0, 0.05) is 22.3 Å². The summed E-state index contributed by atoms with van der Waals surface area (Å²) in [6.45, 7) is 1.62. The minimum atomic E-state index is -0.902. The summed E-state index contributed by atoms with van der Waals surface area (Å²) in [5.74, 6) is -1.10. The van der Waals surface area contributed by atoms with E-state index in [1.165, 1.54) is 0 Å². The average Bonchev–Trinajstić information content (AvgIpc) is 3.29. The Morgan fingerprint density at radius 1 is 0.528 bits per heavy atom. The van der Waals surface area contributed by atoms with Gasteiger partial charge in [-0.05, 0) is 60.0 Å². The Morgan fingerprint density at radius 2 is 1.03 bits per heavy atom. The predicted octanol–water partition coefficient (Wildman–Crippen LogP) is 6.32. The molecule has 0 radical (unpaired) electrons. The number of hydrogen-bond donors (Lipinski definition) is 0. The van der Waals surface area contributed by atoms with E-state index in [1.807, 2.05) is 30.3 Å². The van der Waals surface area contributed by atoms with Crippen LogP contribution in [0.1, 0.15) is 59.8 Å². The molecule has 0 saturated heterocycles. The normalized spacial score (nSPS) is 18.4. The Bertz CT molecular complexity index is 1580. The van der Waals surface area contributed by atoms with Gasteiger partial charge in [0.1, 0.15) is 17.4 Å². The summed E-state index contributed by atoms with van der Waals surface area (Å²) in [4.78, 5) is 51.2. The summed E-state index contributed by atoms with van der Waals surface area (Å²) < 4.78 is 5.81. The van der Waals surface area contributed by atoms with Gasteiger partial charge >= 0.3 is 0 Å². The van der Waals surface area contributed by atoms with Crippen LogP contribution in [0.2, 0.25) is 0 Å². The molecular weight excluding hydrogens is 452 g/mol. The molecule has 0 aliphatic heterocycles. The summed E-state index contributed by atoms with van der Waals surface area (Å²) in [7, 11) is 0. The Labute approximate surface area is 207 Å². The van der Waals surface area contributed by atoms with E-state index < -0.39 is 11.8 Å². The Morgan fingerprint density at radius 3 is 1.67 bits per heavy atom. The van der Waals surface area contributed by atoms with Crippen molar-refractivity contribution in [1.29, 1.82) is 0 Å². The van der Waals surface area contributed by atoms with Gasteiger partial charge in [0.15, 0.2) is 23.1 Å². The lowest BCUT2D eigenvalue weighted by Gasteiger charge is -2.09. The Kier molecular flexibility index (Phi) is 5.00. The van der Waals surface area contributed by atoms with Crippen LogP contribution in [-0.4, -0.2) is 23.1 Å². The number of carbonyl (C=O) groups is 4. The maximum atomic E-state index is 13.3. The summed E-state index contributed by atoms with van der Waals surface area (Å²) >= 11 is 0. The topological polar surface area (TPSA) is 77.5 Å². The molecule has 2 atom stereocenters. The van der Waals surface area contributed by atoms with Crippen LogP contribution in [0.3, 0.4) is 0 Å². The summed E-state index contributed by atoms with van der Waals surface area (Å²) in [5, 5.41) is 0. The van der Waals surface area contributed by atoms with Crippen LogP contribution >= 0.6 is 0 Å². The van der Waals surface area contributed by atoms with Crippen molar-refractivity contribution in [3.8, 4) is 22.6 Å². The minimum absolute atomic E-state index is 0.167. The van der Waals surface area contributed by atoms with E-state index in [-0.39, 0.29) is 23.1 Å². The molecule has 5 heteroatoms. The third-order valence-electron chi connectivity index (χ3n) is 6.94. The van der Waals surface area contributed by atoms with Gasteiger partial charge in [0.25, 0.3) is 0 Å². The van der Waals surface area contributed by atoms with Crippen molar-refractivity contribution in [2.45, 2.75) is 12.8 Å². The highest BCUT2D eigenvalue weighted by Crippen LogP contribution is 2.38. The fraction of sp³-hybridized carbons (Fsp3) is 0.0968. The smallest absolute Gasteiger partial charge is 0.178 e. The zero-order valence-corrected chi connectivity index (χ0v) is 19.4. The molecule has 0 amide bonds. The van der Waals surface area contributed by atoms with Crippen molar-refractivity contribution < 1.29 is 23.9 Å². The van der Waals surface area contributed by atoms with E-state index in [0.717, 1.165) is 5.56 Å². The molecule has 0 spiro atoms. The van der Waals surface area contributed by atoms with Crippen LogP contribution in [0.5, 0.6) is 11.5 Å². The first kappa shape index (κ1) is 21.9. The van der Waals surface area contributed by atoms with E-state index in [1.54, 1.807) is 67.6 Å². The first-order chi connectivity index (χ1) is 17.4. The van der Waals surface area contributed by atoms with Gasteiger partial charge in [0.05, 0.1) is 5.92 Å². The number of benzene rings is 4. The van der Waals surface area contributed by atoms with Crippen LogP contribution < -0.4 is 4.74 Å². The number of ketones is 4. The summed E-state index contributed by atoms with van der Waals surface area (Å²) in [6, 6.07) is 26.6. The fourth-order valence-electron chi connectivity index (χ4n) is 4.96. The van der Waals surface area contributed by atoms with Crippen molar-refractivity contribution in [3.63, 3.8) is 0 Å². The standard InChI is InChI=1S/C31H20O5/c1-17-28(32)23-13-9-19(15-25(23)29(17)33)20-10-14-24-26(16-20)31(35)27(30(24)34)18-7-11-22(12-8-18)36-21-5-3-2-4-6-21/h2-17,27H,1H3. The molecule has 0 bridgehead atoms. The molecule has 36 heavy (non-hydrogen) atoms. The molecule has 0 N–H and O–H groups in total. The lowest BCUT2D eigenvalue weighted by atomic mass is 9.94. The number of para-hydroxylation sites is 1. The number of ether oxygens (including phenoxy) is 1. The van der Waals surface area contributed by atoms with Gasteiger partial charge in [-0.2, -0.15) is 0 Å². The number of rotatable bonds is 4. The molecule has 6 rings (SSSR count). The number of fused-ring (bicyclic) bond motifs is 2. The molecular formula is C31H20O5. The van der Waals surface area contributed by atoms with Gasteiger partial charge < -0.3 is 4.74 Å². The molecule has 2 aliphatic carbocycles. The first-order valence-corrected chi connectivity index (χ1v) is 11.7. The largest absolute Gasteiger partial charge is 0.457 e. The lowest BCUT2D eigenvalue weighted by Crippen LogP contribution is -2.12. The van der Waals surface area contributed by atoms with E-state index in [4.69, 9.17) is 4.74 Å². The maximum Gasteiger partial charge on any atom is 0.178 e. The number of hydrogen-bond acceptors (Lipinski definition) is 5. The second-order valence-electron chi connectivity index (χ2n) is 9.12. The van der Waals surface area contributed by atoms with Gasteiger partial charge in [-0.25, -0.2) is 0 Å². The zero-order valence-electron chi connectivity index (χ0n) is 19.4. The molecule has 174 valence electrons. The maximum absolute atomic E-state index is 13.3. The fourth-order valence-corrected chi connectivity index (χ4v) is 4.96. The van der Waals surface area contributed by atoms with Crippen LogP contribution in [-0.2, 0) is 0 Å². The third-order valence-corrected chi connectivity index (χ3v) is 6.94.